The zero-order chi connectivity index (χ0) is 17.1. The third-order valence-corrected chi connectivity index (χ3v) is 3.94. The van der Waals surface area contributed by atoms with Gasteiger partial charge < -0.3 is 9.15 Å². The molecule has 3 heteroatoms. The van der Waals surface area contributed by atoms with Crippen molar-refractivity contribution in [1.82, 2.24) is 0 Å². The molecule has 0 unspecified atom stereocenters. The molecule has 0 radical (unpaired) electrons. The summed E-state index contributed by atoms with van der Waals surface area (Å²) in [6.45, 7) is 6.54. The van der Waals surface area contributed by atoms with Gasteiger partial charge >= 0.3 is 5.63 Å². The molecule has 0 fully saturated rings. The minimum atomic E-state index is -0.315. The van der Waals surface area contributed by atoms with Gasteiger partial charge in [-0.3, -0.25) is 0 Å². The Morgan fingerprint density at radius 3 is 2.58 bits per heavy atom. The first-order chi connectivity index (χ1) is 11.6. The second-order valence-corrected chi connectivity index (χ2v) is 6.01. The lowest BCUT2D eigenvalue weighted by molar-refractivity contribution is 0.362. The third-order valence-electron chi connectivity index (χ3n) is 3.94. The summed E-state index contributed by atoms with van der Waals surface area (Å²) in [6.07, 6.45) is 2.03. The maximum atomic E-state index is 12.4. The molecule has 0 aliphatic heterocycles. The second kappa shape index (κ2) is 6.75. The van der Waals surface area contributed by atoms with Crippen LogP contribution in [0.2, 0.25) is 0 Å². The highest BCUT2D eigenvalue weighted by Crippen LogP contribution is 2.29. The smallest absolute Gasteiger partial charge is 0.344 e. The van der Waals surface area contributed by atoms with Gasteiger partial charge in [-0.15, -0.1) is 0 Å². The van der Waals surface area contributed by atoms with Gasteiger partial charge in [0.15, 0.2) is 0 Å². The summed E-state index contributed by atoms with van der Waals surface area (Å²) in [6, 6.07) is 15.1. The summed E-state index contributed by atoms with van der Waals surface area (Å²) in [5.74, 6) is 0.760. The quantitative estimate of drug-likeness (QED) is 0.495. The lowest BCUT2D eigenvalue weighted by Crippen LogP contribution is -2.06. The molecule has 1 heterocycles. The highest BCUT2D eigenvalue weighted by atomic mass is 16.5. The molecule has 122 valence electrons. The second-order valence-electron chi connectivity index (χ2n) is 6.01. The van der Waals surface area contributed by atoms with Gasteiger partial charge in [-0.2, -0.15) is 0 Å². The van der Waals surface area contributed by atoms with Gasteiger partial charge in [0.05, 0.1) is 5.56 Å². The zero-order valence-electron chi connectivity index (χ0n) is 14.1. The Labute approximate surface area is 141 Å². The van der Waals surface area contributed by atoms with Crippen LogP contribution in [0.1, 0.15) is 19.4 Å². The maximum Gasteiger partial charge on any atom is 0.344 e. The van der Waals surface area contributed by atoms with Crippen LogP contribution in [0.15, 0.2) is 69.4 Å². The molecule has 3 rings (SSSR count). The number of hydrogen-bond acceptors (Lipinski definition) is 3. The average molecular weight is 320 g/mol. The molecule has 0 spiro atoms. The van der Waals surface area contributed by atoms with Crippen molar-refractivity contribution in [3.8, 4) is 16.9 Å². The molecule has 0 aliphatic carbocycles. The Morgan fingerprint density at radius 2 is 1.88 bits per heavy atom. The summed E-state index contributed by atoms with van der Waals surface area (Å²) in [7, 11) is 0. The van der Waals surface area contributed by atoms with E-state index in [1.165, 1.54) is 5.57 Å². The van der Waals surface area contributed by atoms with Gasteiger partial charge in [0.1, 0.15) is 17.9 Å². The highest BCUT2D eigenvalue weighted by molar-refractivity contribution is 5.87. The fourth-order valence-corrected chi connectivity index (χ4v) is 2.66. The van der Waals surface area contributed by atoms with Gasteiger partial charge in [-0.25, -0.2) is 4.79 Å². The van der Waals surface area contributed by atoms with Gasteiger partial charge in [0.25, 0.3) is 0 Å². The first-order valence-electron chi connectivity index (χ1n) is 7.95. The Bertz CT molecular complexity index is 946. The molecule has 0 saturated carbocycles. The molecule has 0 aliphatic rings. The molecule has 0 bridgehead atoms. The van der Waals surface area contributed by atoms with E-state index < -0.39 is 0 Å². The summed E-state index contributed by atoms with van der Waals surface area (Å²) in [4.78, 5) is 12.4. The van der Waals surface area contributed by atoms with Gasteiger partial charge in [0.2, 0.25) is 0 Å². The van der Waals surface area contributed by atoms with E-state index in [2.05, 4.69) is 0 Å². The summed E-state index contributed by atoms with van der Waals surface area (Å²) in [5.41, 5.74) is 3.84. The summed E-state index contributed by atoms with van der Waals surface area (Å²) in [5, 5.41) is 0.892. The van der Waals surface area contributed by atoms with E-state index in [-0.39, 0.29) is 5.63 Å². The number of benzene rings is 2. The van der Waals surface area contributed by atoms with Crippen molar-refractivity contribution >= 4 is 11.0 Å². The van der Waals surface area contributed by atoms with Crippen LogP contribution < -0.4 is 10.4 Å². The van der Waals surface area contributed by atoms with Crippen molar-refractivity contribution in [2.45, 2.75) is 20.8 Å². The molecular formula is C21H20O3. The van der Waals surface area contributed by atoms with Gasteiger partial charge in [-0.05, 0) is 56.2 Å². The molecule has 0 saturated heterocycles. The first-order valence-corrected chi connectivity index (χ1v) is 7.95. The Hall–Kier alpha value is -2.81. The van der Waals surface area contributed by atoms with E-state index in [4.69, 9.17) is 9.15 Å². The van der Waals surface area contributed by atoms with E-state index in [0.29, 0.717) is 17.8 Å². The van der Waals surface area contributed by atoms with E-state index in [9.17, 15) is 4.79 Å². The lowest BCUT2D eigenvalue weighted by atomic mass is 9.99. The zero-order valence-corrected chi connectivity index (χ0v) is 14.1. The highest BCUT2D eigenvalue weighted by Gasteiger charge is 2.13. The topological polar surface area (TPSA) is 39.4 Å². The van der Waals surface area contributed by atoms with Crippen LogP contribution in [0.5, 0.6) is 5.75 Å². The van der Waals surface area contributed by atoms with Crippen molar-refractivity contribution in [3.05, 3.63) is 76.2 Å². The molecule has 0 amide bonds. The number of ether oxygens (including phenoxy) is 1. The number of allylic oxidation sites excluding steroid dienone is 1. The van der Waals surface area contributed by atoms with E-state index >= 15 is 0 Å². The van der Waals surface area contributed by atoms with Crippen molar-refractivity contribution in [2.24, 2.45) is 0 Å². The van der Waals surface area contributed by atoms with Crippen molar-refractivity contribution in [2.75, 3.05) is 6.61 Å². The molecule has 1 aromatic heterocycles. The molecule has 2 aromatic carbocycles. The number of fused-ring (bicyclic) bond motifs is 1. The summed E-state index contributed by atoms with van der Waals surface area (Å²) >= 11 is 0. The van der Waals surface area contributed by atoms with Crippen molar-refractivity contribution < 1.29 is 9.15 Å². The lowest BCUT2D eigenvalue weighted by Gasteiger charge is -2.10. The molecule has 3 aromatic rings. The molecule has 24 heavy (non-hydrogen) atoms. The van der Waals surface area contributed by atoms with Crippen LogP contribution in [-0.4, -0.2) is 6.61 Å². The predicted octanol–water partition coefficient (Wildman–Crippen LogP) is 5.11. The fourth-order valence-electron chi connectivity index (χ4n) is 2.66. The Morgan fingerprint density at radius 1 is 1.12 bits per heavy atom. The molecular weight excluding hydrogens is 300 g/mol. The number of hydrogen-bond donors (Lipinski definition) is 0. The fraction of sp³-hybridized carbons (Fsp3) is 0.190. The number of rotatable bonds is 4. The van der Waals surface area contributed by atoms with Crippen LogP contribution in [0.25, 0.3) is 22.1 Å². The normalized spacial score (nSPS) is 10.6. The van der Waals surface area contributed by atoms with Crippen LogP contribution in [0.4, 0.5) is 0 Å². The number of aryl methyl sites for hydroxylation is 1. The average Bonchev–Trinajstić information content (AvgIpc) is 2.56. The van der Waals surface area contributed by atoms with Crippen LogP contribution in [0.3, 0.4) is 0 Å². The molecule has 3 nitrogen and oxygen atoms in total. The standard InChI is InChI=1S/C21H20O3/c1-14(2)11-12-23-17-9-10-19-18(13-17)15(3)20(21(22)24-19)16-7-5-4-6-8-16/h4-11,13H,12H2,1-3H3. The van der Waals surface area contributed by atoms with Crippen LogP contribution >= 0.6 is 0 Å². The monoisotopic (exact) mass is 320 g/mol. The Kier molecular flexibility index (Phi) is 4.52. The minimum Gasteiger partial charge on any atom is -0.490 e. The maximum absolute atomic E-state index is 12.4. The molecule has 0 atom stereocenters. The van der Waals surface area contributed by atoms with E-state index in [0.717, 1.165) is 22.3 Å². The van der Waals surface area contributed by atoms with Crippen LogP contribution in [-0.2, 0) is 0 Å². The predicted molar refractivity (Wildman–Crippen MR) is 97.6 cm³/mol. The SMILES string of the molecule is CC(C)=CCOc1ccc2oc(=O)c(-c3ccccc3)c(C)c2c1. The summed E-state index contributed by atoms with van der Waals surface area (Å²) < 4.78 is 11.3. The van der Waals surface area contributed by atoms with E-state index in [1.807, 2.05) is 69.3 Å². The van der Waals surface area contributed by atoms with Crippen molar-refractivity contribution in [3.63, 3.8) is 0 Å². The Balaban J connectivity index is 2.09. The van der Waals surface area contributed by atoms with Gasteiger partial charge in [-0.1, -0.05) is 35.9 Å². The van der Waals surface area contributed by atoms with Crippen LogP contribution in [0, 0.1) is 6.92 Å². The third kappa shape index (κ3) is 3.25. The largest absolute Gasteiger partial charge is 0.490 e. The van der Waals surface area contributed by atoms with Gasteiger partial charge in [0, 0.05) is 5.39 Å². The minimum absolute atomic E-state index is 0.315. The molecule has 0 N–H and O–H groups in total. The van der Waals surface area contributed by atoms with E-state index in [1.54, 1.807) is 6.07 Å². The first kappa shape index (κ1) is 16.1. The van der Waals surface area contributed by atoms with Crippen molar-refractivity contribution in [1.29, 1.82) is 0 Å².